The number of halogens is 1. The molecule has 1 aliphatic rings. The molecule has 0 fully saturated rings. The lowest BCUT2D eigenvalue weighted by Gasteiger charge is -2.29. The molecule has 1 aliphatic heterocycles. The Hall–Kier alpha value is -2.33. The number of anilines is 1. The van der Waals surface area contributed by atoms with E-state index in [1.807, 2.05) is 42.5 Å². The van der Waals surface area contributed by atoms with Crippen molar-refractivity contribution in [3.05, 3.63) is 60.2 Å². The highest BCUT2D eigenvalue weighted by molar-refractivity contribution is 14.0. The molecule has 0 saturated carbocycles. The van der Waals surface area contributed by atoms with Gasteiger partial charge in [0.2, 0.25) is 0 Å². The van der Waals surface area contributed by atoms with Crippen LogP contribution in [0.2, 0.25) is 0 Å². The van der Waals surface area contributed by atoms with Crippen LogP contribution in [0.5, 0.6) is 5.75 Å². The van der Waals surface area contributed by atoms with Crippen molar-refractivity contribution >= 4 is 41.5 Å². The van der Waals surface area contributed by atoms with Gasteiger partial charge < -0.3 is 25.0 Å². The Labute approximate surface area is 207 Å². The maximum absolute atomic E-state index is 12.2. The highest BCUT2D eigenvalue weighted by atomic mass is 127. The lowest BCUT2D eigenvalue weighted by molar-refractivity contribution is -0.121. The van der Waals surface area contributed by atoms with Crippen LogP contribution in [-0.4, -0.2) is 51.8 Å². The molecule has 0 aromatic heterocycles. The van der Waals surface area contributed by atoms with Gasteiger partial charge in [0.1, 0.15) is 5.75 Å². The van der Waals surface area contributed by atoms with E-state index in [1.54, 1.807) is 11.9 Å². The van der Waals surface area contributed by atoms with Gasteiger partial charge in [0.05, 0.1) is 18.9 Å². The third-order valence-corrected chi connectivity index (χ3v) is 5.01. The Morgan fingerprint density at radius 3 is 2.69 bits per heavy atom. The summed E-state index contributed by atoms with van der Waals surface area (Å²) < 4.78 is 11.3. The molecular weight excluding hydrogens is 519 g/mol. The molecule has 8 heteroatoms. The van der Waals surface area contributed by atoms with Gasteiger partial charge in [-0.25, -0.2) is 0 Å². The van der Waals surface area contributed by atoms with Crippen LogP contribution in [0.1, 0.15) is 18.9 Å². The molecule has 7 nitrogen and oxygen atoms in total. The number of aliphatic imine (C=N–C) groups is 1. The Kier molecular flexibility index (Phi) is 11.3. The Bertz CT molecular complexity index is 863. The molecule has 2 aromatic carbocycles. The normalized spacial score (nSPS) is 14.1. The summed E-state index contributed by atoms with van der Waals surface area (Å²) in [4.78, 5) is 18.3. The number of benzene rings is 2. The van der Waals surface area contributed by atoms with Crippen molar-refractivity contribution in [2.24, 2.45) is 10.9 Å². The molecule has 1 heterocycles. The number of carbonyl (C=O) groups is 1. The molecule has 3 rings (SSSR count). The van der Waals surface area contributed by atoms with E-state index >= 15 is 0 Å². The van der Waals surface area contributed by atoms with E-state index in [-0.39, 0.29) is 36.5 Å². The van der Waals surface area contributed by atoms with Crippen LogP contribution >= 0.6 is 24.0 Å². The summed E-state index contributed by atoms with van der Waals surface area (Å²) in [6.45, 7) is 5.66. The van der Waals surface area contributed by atoms with Crippen LogP contribution in [-0.2, 0) is 16.1 Å². The number of guanidine groups is 1. The third kappa shape index (κ3) is 7.98. The number of hydrogen-bond donors (Lipinski definition) is 2. The van der Waals surface area contributed by atoms with Crippen LogP contribution in [0.3, 0.4) is 0 Å². The van der Waals surface area contributed by atoms with Crippen molar-refractivity contribution in [2.75, 3.05) is 44.8 Å². The molecule has 1 amide bonds. The first-order valence-electron chi connectivity index (χ1n) is 10.8. The molecule has 2 N–H and O–H groups in total. The lowest BCUT2D eigenvalue weighted by Crippen LogP contribution is -2.43. The zero-order valence-corrected chi connectivity index (χ0v) is 21.1. The summed E-state index contributed by atoms with van der Waals surface area (Å²) in [5, 5.41) is 6.65. The third-order valence-electron chi connectivity index (χ3n) is 5.01. The van der Waals surface area contributed by atoms with Crippen molar-refractivity contribution in [1.29, 1.82) is 0 Å². The van der Waals surface area contributed by atoms with Crippen molar-refractivity contribution in [3.8, 4) is 5.75 Å². The van der Waals surface area contributed by atoms with Crippen molar-refractivity contribution in [1.82, 2.24) is 10.6 Å². The summed E-state index contributed by atoms with van der Waals surface area (Å²) in [6, 6.07) is 17.8. The maximum atomic E-state index is 12.2. The van der Waals surface area contributed by atoms with E-state index in [0.717, 1.165) is 30.4 Å². The molecule has 32 heavy (non-hydrogen) atoms. The second-order valence-electron chi connectivity index (χ2n) is 7.64. The van der Waals surface area contributed by atoms with E-state index in [2.05, 4.69) is 34.7 Å². The predicted octanol–water partition coefficient (Wildman–Crippen LogP) is 3.44. The first-order valence-corrected chi connectivity index (χ1v) is 10.8. The fourth-order valence-electron chi connectivity index (χ4n) is 3.35. The summed E-state index contributed by atoms with van der Waals surface area (Å²) in [5.41, 5.74) is 2.02. The number of para-hydroxylation sites is 2. The second-order valence-corrected chi connectivity index (χ2v) is 7.64. The van der Waals surface area contributed by atoms with Crippen LogP contribution < -0.4 is 20.3 Å². The molecule has 2 aromatic rings. The first-order chi connectivity index (χ1) is 15.2. The first kappa shape index (κ1) is 25.9. The fraction of sp³-hybridized carbons (Fsp3) is 0.417. The van der Waals surface area contributed by atoms with Crippen molar-refractivity contribution in [3.63, 3.8) is 0 Å². The largest absolute Gasteiger partial charge is 0.482 e. The second kappa shape index (κ2) is 13.9. The highest BCUT2D eigenvalue weighted by Crippen LogP contribution is 2.31. The number of carbonyl (C=O) groups excluding carboxylic acids is 1. The van der Waals surface area contributed by atoms with E-state index in [1.165, 1.54) is 5.56 Å². The summed E-state index contributed by atoms with van der Waals surface area (Å²) in [6.07, 6.45) is 0.802. The average molecular weight is 552 g/mol. The Morgan fingerprint density at radius 1 is 1.16 bits per heavy atom. The molecule has 0 aliphatic carbocycles. The van der Waals surface area contributed by atoms with Crippen molar-refractivity contribution < 1.29 is 14.3 Å². The number of nitrogens with zero attached hydrogens (tertiary/aromatic N) is 2. The van der Waals surface area contributed by atoms with E-state index in [4.69, 9.17) is 9.47 Å². The van der Waals surface area contributed by atoms with Crippen LogP contribution in [0.15, 0.2) is 59.6 Å². The monoisotopic (exact) mass is 552 g/mol. The summed E-state index contributed by atoms with van der Waals surface area (Å²) >= 11 is 0. The number of hydrogen-bond acceptors (Lipinski definition) is 4. The van der Waals surface area contributed by atoms with Gasteiger partial charge >= 0.3 is 0 Å². The van der Waals surface area contributed by atoms with Gasteiger partial charge in [-0.15, -0.1) is 24.0 Å². The molecule has 174 valence electrons. The highest BCUT2D eigenvalue weighted by Gasteiger charge is 2.24. The smallest absolute Gasteiger partial charge is 0.265 e. The molecular formula is C24H33IN4O3. The van der Waals surface area contributed by atoms with Crippen LogP contribution in [0.25, 0.3) is 0 Å². The minimum Gasteiger partial charge on any atom is -0.482 e. The van der Waals surface area contributed by atoms with Gasteiger partial charge in [0.25, 0.3) is 5.91 Å². The summed E-state index contributed by atoms with van der Waals surface area (Å²) in [5.74, 6) is 1.86. The SMILES string of the molecule is CN=C(NCCCN1C(=O)COc2ccccc21)NCC(C)COCc1ccccc1.I. The Balaban J connectivity index is 0.00000363. The number of rotatable bonds is 10. The number of fused-ring (bicyclic) bond motifs is 1. The lowest BCUT2D eigenvalue weighted by atomic mass is 10.2. The van der Waals surface area contributed by atoms with E-state index in [9.17, 15) is 4.79 Å². The zero-order chi connectivity index (χ0) is 21.9. The predicted molar refractivity (Wildman–Crippen MR) is 139 cm³/mol. The van der Waals surface area contributed by atoms with Crippen LogP contribution in [0.4, 0.5) is 5.69 Å². The van der Waals surface area contributed by atoms with Gasteiger partial charge in [-0.3, -0.25) is 9.79 Å². The average Bonchev–Trinajstić information content (AvgIpc) is 2.80. The topological polar surface area (TPSA) is 75.2 Å². The Morgan fingerprint density at radius 2 is 1.91 bits per heavy atom. The number of ether oxygens (including phenoxy) is 2. The molecule has 0 radical (unpaired) electrons. The van der Waals surface area contributed by atoms with E-state index < -0.39 is 0 Å². The van der Waals surface area contributed by atoms with Gasteiger partial charge in [0, 0.05) is 26.7 Å². The van der Waals surface area contributed by atoms with Gasteiger partial charge in [-0.2, -0.15) is 0 Å². The maximum Gasteiger partial charge on any atom is 0.265 e. The standard InChI is InChI=1S/C24H32N4O3.HI/c1-19(16-30-17-20-9-4-3-5-10-20)15-27-24(25-2)26-13-8-14-28-21-11-6-7-12-22(21)31-18-23(28)29;/h3-7,9-12,19H,8,13-18H2,1-2H3,(H2,25,26,27);1H. The molecule has 0 spiro atoms. The molecule has 1 unspecified atom stereocenters. The van der Waals surface area contributed by atoms with Gasteiger partial charge in [-0.1, -0.05) is 49.4 Å². The van der Waals surface area contributed by atoms with E-state index in [0.29, 0.717) is 32.2 Å². The van der Waals surface area contributed by atoms with Crippen LogP contribution in [0, 0.1) is 5.92 Å². The number of amides is 1. The minimum absolute atomic E-state index is 0. The molecule has 0 saturated heterocycles. The minimum atomic E-state index is -0.00876. The molecule has 1 atom stereocenters. The fourth-order valence-corrected chi connectivity index (χ4v) is 3.35. The van der Waals surface area contributed by atoms with Gasteiger partial charge in [-0.05, 0) is 30.0 Å². The van der Waals surface area contributed by atoms with Crippen molar-refractivity contribution in [2.45, 2.75) is 20.0 Å². The van der Waals surface area contributed by atoms with Gasteiger partial charge in [0.15, 0.2) is 12.6 Å². The zero-order valence-electron chi connectivity index (χ0n) is 18.8. The summed E-state index contributed by atoms with van der Waals surface area (Å²) in [7, 11) is 1.76. The number of nitrogens with one attached hydrogen (secondary N) is 2. The molecule has 0 bridgehead atoms. The quantitative estimate of drug-likeness (QED) is 0.205.